The van der Waals surface area contributed by atoms with Gasteiger partial charge in [0.25, 0.3) is 5.56 Å². The van der Waals surface area contributed by atoms with Gasteiger partial charge in [-0.3, -0.25) is 4.79 Å². The lowest BCUT2D eigenvalue weighted by Gasteiger charge is -2.03. The smallest absolute Gasteiger partial charge is 0.260 e. The van der Waals surface area contributed by atoms with Crippen LogP contribution in [0.2, 0.25) is 0 Å². The summed E-state index contributed by atoms with van der Waals surface area (Å²) in [6.45, 7) is 1.70. The predicted octanol–water partition coefficient (Wildman–Crippen LogP) is 4.23. The van der Waals surface area contributed by atoms with Crippen molar-refractivity contribution in [3.05, 3.63) is 51.4 Å². The standard InChI is InChI=1S/C14H9ClF2N2OS/c1-6(15)12-18-13(20)11-8(5-21-14(11)19-12)7-2-3-9(16)10(17)4-7/h2-6H,1H3,(H,18,19,20). The molecule has 3 nitrogen and oxygen atoms in total. The van der Waals surface area contributed by atoms with Crippen molar-refractivity contribution in [3.8, 4) is 11.1 Å². The number of rotatable bonds is 2. The second-order valence-electron chi connectivity index (χ2n) is 4.53. The SMILES string of the molecule is CC(Cl)c1nc2scc(-c3ccc(F)c(F)c3)c2c(=O)[nH]1. The van der Waals surface area contributed by atoms with Crippen molar-refractivity contribution in [2.45, 2.75) is 12.3 Å². The Morgan fingerprint density at radius 1 is 1.33 bits per heavy atom. The summed E-state index contributed by atoms with van der Waals surface area (Å²) in [5, 5.41) is 1.63. The molecule has 0 saturated heterocycles. The summed E-state index contributed by atoms with van der Waals surface area (Å²) in [6, 6.07) is 3.52. The summed E-state index contributed by atoms with van der Waals surface area (Å²) >= 11 is 7.18. The van der Waals surface area contributed by atoms with E-state index in [1.165, 1.54) is 17.4 Å². The molecule has 0 radical (unpaired) electrons. The maximum Gasteiger partial charge on any atom is 0.260 e. The van der Waals surface area contributed by atoms with Gasteiger partial charge in [-0.25, -0.2) is 13.8 Å². The number of halogens is 3. The lowest BCUT2D eigenvalue weighted by Crippen LogP contribution is -2.11. The molecule has 0 saturated carbocycles. The molecular formula is C14H9ClF2N2OS. The van der Waals surface area contributed by atoms with Crippen molar-refractivity contribution < 1.29 is 8.78 Å². The number of hydrogen-bond donors (Lipinski definition) is 1. The predicted molar refractivity (Wildman–Crippen MR) is 79.9 cm³/mol. The molecule has 7 heteroatoms. The van der Waals surface area contributed by atoms with Crippen LogP contribution in [-0.2, 0) is 0 Å². The van der Waals surface area contributed by atoms with E-state index in [-0.39, 0.29) is 5.56 Å². The van der Waals surface area contributed by atoms with Crippen LogP contribution >= 0.6 is 22.9 Å². The van der Waals surface area contributed by atoms with Crippen molar-refractivity contribution >= 4 is 33.2 Å². The number of hydrogen-bond acceptors (Lipinski definition) is 3. The Labute approximate surface area is 127 Å². The Morgan fingerprint density at radius 2 is 2.10 bits per heavy atom. The van der Waals surface area contributed by atoms with Crippen molar-refractivity contribution in [2.75, 3.05) is 0 Å². The van der Waals surface area contributed by atoms with Crippen LogP contribution in [0.25, 0.3) is 21.3 Å². The second kappa shape index (κ2) is 5.20. The molecule has 0 fully saturated rings. The maximum atomic E-state index is 13.4. The number of H-pyrrole nitrogens is 1. The topological polar surface area (TPSA) is 45.8 Å². The molecule has 1 unspecified atom stereocenters. The van der Waals surface area contributed by atoms with Crippen LogP contribution in [0.4, 0.5) is 8.78 Å². The zero-order valence-corrected chi connectivity index (χ0v) is 12.4. The molecule has 1 atom stereocenters. The Bertz CT molecular complexity index is 888. The van der Waals surface area contributed by atoms with E-state index in [1.54, 1.807) is 12.3 Å². The molecule has 2 aromatic heterocycles. The van der Waals surface area contributed by atoms with E-state index in [2.05, 4.69) is 9.97 Å². The van der Waals surface area contributed by atoms with Crippen LogP contribution in [0.3, 0.4) is 0 Å². The van der Waals surface area contributed by atoms with Gasteiger partial charge in [0.15, 0.2) is 11.6 Å². The van der Waals surface area contributed by atoms with E-state index < -0.39 is 17.0 Å². The fourth-order valence-electron chi connectivity index (χ4n) is 2.03. The van der Waals surface area contributed by atoms with Crippen LogP contribution in [0.5, 0.6) is 0 Å². The second-order valence-corrected chi connectivity index (χ2v) is 6.04. The minimum absolute atomic E-state index is 0.344. The Hall–Kier alpha value is -1.79. The third kappa shape index (κ3) is 2.45. The van der Waals surface area contributed by atoms with E-state index in [4.69, 9.17) is 11.6 Å². The van der Waals surface area contributed by atoms with E-state index in [9.17, 15) is 13.6 Å². The normalized spacial score (nSPS) is 12.8. The maximum absolute atomic E-state index is 13.4. The number of benzene rings is 1. The van der Waals surface area contributed by atoms with Crippen molar-refractivity contribution in [1.29, 1.82) is 0 Å². The number of nitrogens with one attached hydrogen (secondary N) is 1. The fraction of sp³-hybridized carbons (Fsp3) is 0.143. The minimum Gasteiger partial charge on any atom is -0.309 e. The first-order valence-electron chi connectivity index (χ1n) is 6.08. The molecule has 3 aromatic rings. The highest BCUT2D eigenvalue weighted by Gasteiger charge is 2.15. The number of alkyl halides is 1. The monoisotopic (exact) mass is 326 g/mol. The highest BCUT2D eigenvalue weighted by Crippen LogP contribution is 2.32. The van der Waals surface area contributed by atoms with Gasteiger partial charge in [-0.15, -0.1) is 22.9 Å². The average molecular weight is 327 g/mol. The van der Waals surface area contributed by atoms with Crippen LogP contribution in [0.1, 0.15) is 18.1 Å². The molecule has 0 aliphatic carbocycles. The molecule has 108 valence electrons. The average Bonchev–Trinajstić information content (AvgIpc) is 2.86. The molecule has 0 amide bonds. The number of fused-ring (bicyclic) bond motifs is 1. The number of aromatic amines is 1. The van der Waals surface area contributed by atoms with Gasteiger partial charge in [0.05, 0.1) is 10.8 Å². The lowest BCUT2D eigenvalue weighted by molar-refractivity contribution is 0.509. The minimum atomic E-state index is -0.956. The summed E-state index contributed by atoms with van der Waals surface area (Å²) in [5.74, 6) is -1.50. The summed E-state index contributed by atoms with van der Waals surface area (Å²) in [4.78, 5) is 19.6. The van der Waals surface area contributed by atoms with Gasteiger partial charge in [-0.05, 0) is 24.6 Å². The molecule has 1 aromatic carbocycles. The summed E-state index contributed by atoms with van der Waals surface area (Å²) in [5.41, 5.74) is 0.610. The van der Waals surface area contributed by atoms with E-state index in [1.807, 2.05) is 0 Å². The number of aromatic nitrogens is 2. The van der Waals surface area contributed by atoms with Gasteiger partial charge >= 0.3 is 0 Å². The molecule has 0 bridgehead atoms. The third-order valence-electron chi connectivity index (χ3n) is 3.07. The van der Waals surface area contributed by atoms with Gasteiger partial charge in [0, 0.05) is 10.9 Å². The molecule has 0 aliphatic heterocycles. The summed E-state index contributed by atoms with van der Waals surface area (Å²) < 4.78 is 26.4. The first-order chi connectivity index (χ1) is 9.97. The molecule has 3 rings (SSSR count). The Balaban J connectivity index is 2.25. The van der Waals surface area contributed by atoms with Crippen LogP contribution in [-0.4, -0.2) is 9.97 Å². The van der Waals surface area contributed by atoms with Crippen LogP contribution in [0, 0.1) is 11.6 Å². The van der Waals surface area contributed by atoms with Gasteiger partial charge in [-0.2, -0.15) is 0 Å². The zero-order chi connectivity index (χ0) is 15.1. The van der Waals surface area contributed by atoms with Crippen molar-refractivity contribution in [2.24, 2.45) is 0 Å². The summed E-state index contributed by atoms with van der Waals surface area (Å²) in [6.07, 6.45) is 0. The molecule has 0 aliphatic rings. The lowest BCUT2D eigenvalue weighted by atomic mass is 10.1. The van der Waals surface area contributed by atoms with Crippen molar-refractivity contribution in [1.82, 2.24) is 9.97 Å². The van der Waals surface area contributed by atoms with Crippen LogP contribution in [0.15, 0.2) is 28.4 Å². The largest absolute Gasteiger partial charge is 0.309 e. The van der Waals surface area contributed by atoms with E-state index >= 15 is 0 Å². The summed E-state index contributed by atoms with van der Waals surface area (Å²) in [7, 11) is 0. The molecular weight excluding hydrogens is 318 g/mol. The Kier molecular flexibility index (Phi) is 3.51. The first kappa shape index (κ1) is 14.2. The van der Waals surface area contributed by atoms with E-state index in [0.29, 0.717) is 27.2 Å². The molecule has 1 N–H and O–H groups in total. The molecule has 2 heterocycles. The quantitative estimate of drug-likeness (QED) is 0.716. The first-order valence-corrected chi connectivity index (χ1v) is 7.40. The number of nitrogens with zero attached hydrogens (tertiary/aromatic N) is 1. The van der Waals surface area contributed by atoms with Gasteiger partial charge in [-0.1, -0.05) is 6.07 Å². The highest BCUT2D eigenvalue weighted by molar-refractivity contribution is 7.17. The van der Waals surface area contributed by atoms with Crippen molar-refractivity contribution in [3.63, 3.8) is 0 Å². The van der Waals surface area contributed by atoms with E-state index in [0.717, 1.165) is 12.1 Å². The molecule has 21 heavy (non-hydrogen) atoms. The zero-order valence-electron chi connectivity index (χ0n) is 10.8. The molecule has 0 spiro atoms. The third-order valence-corrected chi connectivity index (χ3v) is 4.15. The van der Waals surface area contributed by atoms with Gasteiger partial charge < -0.3 is 4.98 Å². The van der Waals surface area contributed by atoms with Gasteiger partial charge in [0.2, 0.25) is 0 Å². The Morgan fingerprint density at radius 3 is 2.76 bits per heavy atom. The van der Waals surface area contributed by atoms with Gasteiger partial charge in [0.1, 0.15) is 10.7 Å². The highest BCUT2D eigenvalue weighted by atomic mass is 35.5. The fourth-order valence-corrected chi connectivity index (χ4v) is 3.09. The van der Waals surface area contributed by atoms with Crippen LogP contribution < -0.4 is 5.56 Å². The number of thiophene rings is 1.